The fraction of sp³-hybridized carbons (Fsp3) is 0.357. The predicted molar refractivity (Wildman–Crippen MR) is 74.1 cm³/mol. The third-order valence-electron chi connectivity index (χ3n) is 3.17. The Hall–Kier alpha value is -1.39. The van der Waals surface area contributed by atoms with Crippen LogP contribution < -0.4 is 10.5 Å². The van der Waals surface area contributed by atoms with Crippen molar-refractivity contribution in [2.75, 3.05) is 6.61 Å². The highest BCUT2D eigenvalue weighted by Gasteiger charge is 2.21. The molecule has 0 spiro atoms. The van der Waals surface area contributed by atoms with Crippen molar-refractivity contribution in [1.29, 1.82) is 0 Å². The van der Waals surface area contributed by atoms with Crippen molar-refractivity contribution in [2.24, 2.45) is 5.73 Å². The van der Waals surface area contributed by atoms with Gasteiger partial charge in [0.2, 0.25) is 0 Å². The first kappa shape index (κ1) is 11.7. The summed E-state index contributed by atoms with van der Waals surface area (Å²) in [5.74, 6) is 0.980. The maximum absolute atomic E-state index is 5.88. The lowest BCUT2D eigenvalue weighted by Crippen LogP contribution is -2.00. The molecule has 0 bridgehead atoms. The Morgan fingerprint density at radius 2 is 2.22 bits per heavy atom. The molecule has 0 unspecified atom stereocenters. The number of benzene rings is 1. The molecule has 0 atom stereocenters. The summed E-state index contributed by atoms with van der Waals surface area (Å²) in [5, 5.41) is 1.01. The summed E-state index contributed by atoms with van der Waals surface area (Å²) in [6.07, 6.45) is 0.917. The monoisotopic (exact) mass is 260 g/mol. The van der Waals surface area contributed by atoms with Gasteiger partial charge < -0.3 is 10.5 Å². The SMILES string of the molecule is Cc1cc(C)c2c(c1)-c1nc(CN)sc1CCO2. The zero-order chi connectivity index (χ0) is 12.7. The van der Waals surface area contributed by atoms with Crippen LogP contribution in [-0.4, -0.2) is 11.6 Å². The number of rotatable bonds is 1. The van der Waals surface area contributed by atoms with Gasteiger partial charge in [-0.3, -0.25) is 0 Å². The maximum atomic E-state index is 5.88. The van der Waals surface area contributed by atoms with Crippen LogP contribution in [0.1, 0.15) is 21.0 Å². The lowest BCUT2D eigenvalue weighted by Gasteiger charge is -2.11. The molecular weight excluding hydrogens is 244 g/mol. The van der Waals surface area contributed by atoms with Gasteiger partial charge in [0.1, 0.15) is 10.8 Å². The van der Waals surface area contributed by atoms with E-state index in [4.69, 9.17) is 10.5 Å². The molecule has 2 heterocycles. The summed E-state index contributed by atoms with van der Waals surface area (Å²) < 4.78 is 5.88. The highest BCUT2D eigenvalue weighted by Crippen LogP contribution is 2.39. The molecule has 18 heavy (non-hydrogen) atoms. The molecule has 0 fully saturated rings. The first-order valence-corrected chi connectivity index (χ1v) is 6.93. The van der Waals surface area contributed by atoms with Crippen LogP contribution >= 0.6 is 11.3 Å². The molecule has 94 valence electrons. The predicted octanol–water partition coefficient (Wildman–Crippen LogP) is 2.82. The molecule has 1 aromatic heterocycles. The van der Waals surface area contributed by atoms with Crippen LogP contribution in [0.2, 0.25) is 0 Å². The number of fused-ring (bicyclic) bond motifs is 3. The zero-order valence-electron chi connectivity index (χ0n) is 10.6. The molecular formula is C14H16N2OS. The van der Waals surface area contributed by atoms with Gasteiger partial charge in [-0.25, -0.2) is 4.98 Å². The topological polar surface area (TPSA) is 48.1 Å². The Morgan fingerprint density at radius 1 is 1.39 bits per heavy atom. The second-order valence-corrected chi connectivity index (χ2v) is 5.81. The lowest BCUT2D eigenvalue weighted by atomic mass is 10.0. The summed E-state index contributed by atoms with van der Waals surface area (Å²) in [6.45, 7) is 5.43. The fourth-order valence-electron chi connectivity index (χ4n) is 2.44. The number of ether oxygens (including phenoxy) is 1. The Labute approximate surface area is 111 Å². The molecule has 1 aliphatic rings. The summed E-state index contributed by atoms with van der Waals surface area (Å²) in [6, 6.07) is 4.31. The van der Waals surface area contributed by atoms with Gasteiger partial charge in [0.25, 0.3) is 0 Å². The first-order valence-electron chi connectivity index (χ1n) is 6.12. The van der Waals surface area contributed by atoms with Crippen LogP contribution in [0.15, 0.2) is 12.1 Å². The van der Waals surface area contributed by atoms with Crippen LogP contribution in [-0.2, 0) is 13.0 Å². The average molecular weight is 260 g/mol. The molecule has 0 aliphatic carbocycles. The molecule has 4 heteroatoms. The van der Waals surface area contributed by atoms with E-state index < -0.39 is 0 Å². The Kier molecular flexibility index (Phi) is 2.84. The minimum Gasteiger partial charge on any atom is -0.492 e. The van der Waals surface area contributed by atoms with Gasteiger partial charge in [-0.05, 0) is 31.0 Å². The minimum absolute atomic E-state index is 0.513. The Balaban J connectivity index is 2.25. The van der Waals surface area contributed by atoms with Crippen molar-refractivity contribution >= 4 is 11.3 Å². The third-order valence-corrected chi connectivity index (χ3v) is 4.30. The number of thiazole rings is 1. The van der Waals surface area contributed by atoms with Crippen LogP contribution in [0.3, 0.4) is 0 Å². The number of hydrogen-bond donors (Lipinski definition) is 1. The molecule has 3 nitrogen and oxygen atoms in total. The van der Waals surface area contributed by atoms with Gasteiger partial charge in [0.05, 0.1) is 12.3 Å². The van der Waals surface area contributed by atoms with Gasteiger partial charge in [0, 0.05) is 23.4 Å². The van der Waals surface area contributed by atoms with Crippen LogP contribution in [0, 0.1) is 13.8 Å². The van der Waals surface area contributed by atoms with Gasteiger partial charge in [-0.2, -0.15) is 0 Å². The van der Waals surface area contributed by atoms with Crippen molar-refractivity contribution < 1.29 is 4.74 Å². The number of nitrogens with zero attached hydrogens (tertiary/aromatic N) is 1. The average Bonchev–Trinajstić information content (AvgIpc) is 2.67. The summed E-state index contributed by atoms with van der Waals surface area (Å²) in [4.78, 5) is 5.96. The summed E-state index contributed by atoms with van der Waals surface area (Å²) >= 11 is 1.71. The van der Waals surface area contributed by atoms with Gasteiger partial charge in [0.15, 0.2) is 0 Å². The fourth-order valence-corrected chi connectivity index (χ4v) is 3.38. The zero-order valence-corrected chi connectivity index (χ0v) is 11.4. The molecule has 0 amide bonds. The molecule has 0 radical (unpaired) electrons. The van der Waals surface area contributed by atoms with E-state index in [1.807, 2.05) is 0 Å². The van der Waals surface area contributed by atoms with Gasteiger partial charge in [-0.1, -0.05) is 6.07 Å². The van der Waals surface area contributed by atoms with Gasteiger partial charge >= 0.3 is 0 Å². The third kappa shape index (κ3) is 1.82. The van der Waals surface area contributed by atoms with E-state index in [0.29, 0.717) is 6.54 Å². The highest BCUT2D eigenvalue weighted by molar-refractivity contribution is 7.12. The van der Waals surface area contributed by atoms with Crippen LogP contribution in [0.25, 0.3) is 11.3 Å². The van der Waals surface area contributed by atoms with Crippen LogP contribution in [0.5, 0.6) is 5.75 Å². The number of hydrogen-bond acceptors (Lipinski definition) is 4. The van der Waals surface area contributed by atoms with E-state index in [9.17, 15) is 0 Å². The van der Waals surface area contributed by atoms with E-state index in [1.165, 1.54) is 16.0 Å². The smallest absolute Gasteiger partial charge is 0.131 e. The second kappa shape index (κ2) is 4.37. The maximum Gasteiger partial charge on any atom is 0.131 e. The molecule has 3 rings (SSSR count). The normalized spacial score (nSPS) is 13.5. The van der Waals surface area contributed by atoms with E-state index in [1.54, 1.807) is 11.3 Å². The van der Waals surface area contributed by atoms with E-state index in [0.717, 1.165) is 35.0 Å². The molecule has 2 aromatic rings. The molecule has 0 saturated heterocycles. The molecule has 2 N–H and O–H groups in total. The van der Waals surface area contributed by atoms with E-state index >= 15 is 0 Å². The van der Waals surface area contributed by atoms with E-state index in [-0.39, 0.29) is 0 Å². The standard InChI is InChI=1S/C14H16N2OS/c1-8-5-9(2)14-10(6-8)13-11(3-4-17-14)18-12(7-15)16-13/h5-6H,3-4,7,15H2,1-2H3. The minimum atomic E-state index is 0.513. The second-order valence-electron chi connectivity index (χ2n) is 4.64. The lowest BCUT2D eigenvalue weighted by molar-refractivity contribution is 0.325. The first-order chi connectivity index (χ1) is 8.69. The van der Waals surface area contributed by atoms with Crippen molar-refractivity contribution in [3.8, 4) is 17.0 Å². The molecule has 1 aromatic carbocycles. The highest BCUT2D eigenvalue weighted by atomic mass is 32.1. The Bertz CT molecular complexity index is 604. The Morgan fingerprint density at radius 3 is 3.00 bits per heavy atom. The van der Waals surface area contributed by atoms with Crippen LogP contribution in [0.4, 0.5) is 0 Å². The largest absolute Gasteiger partial charge is 0.492 e. The van der Waals surface area contributed by atoms with Crippen molar-refractivity contribution in [2.45, 2.75) is 26.8 Å². The number of aromatic nitrogens is 1. The number of aryl methyl sites for hydroxylation is 2. The van der Waals surface area contributed by atoms with Crippen molar-refractivity contribution in [3.63, 3.8) is 0 Å². The molecule has 0 saturated carbocycles. The summed E-state index contributed by atoms with van der Waals surface area (Å²) in [5.41, 5.74) is 10.3. The quantitative estimate of drug-likeness (QED) is 0.857. The van der Waals surface area contributed by atoms with Crippen molar-refractivity contribution in [1.82, 2.24) is 4.98 Å². The van der Waals surface area contributed by atoms with Crippen molar-refractivity contribution in [3.05, 3.63) is 33.1 Å². The van der Waals surface area contributed by atoms with Gasteiger partial charge in [-0.15, -0.1) is 11.3 Å². The summed E-state index contributed by atoms with van der Waals surface area (Å²) in [7, 11) is 0. The van der Waals surface area contributed by atoms with E-state index in [2.05, 4.69) is 31.0 Å². The molecule has 1 aliphatic heterocycles. The number of nitrogens with two attached hydrogens (primary N) is 1.